The first kappa shape index (κ1) is 15.5. The van der Waals surface area contributed by atoms with Crippen LogP contribution in [-0.4, -0.2) is 43.9 Å². The van der Waals surface area contributed by atoms with E-state index in [0.717, 1.165) is 0 Å². The van der Waals surface area contributed by atoms with E-state index in [9.17, 15) is 9.59 Å². The average Bonchev–Trinajstić information content (AvgIpc) is 2.43. The average molecular weight is 332 g/mol. The van der Waals surface area contributed by atoms with Gasteiger partial charge in [-0.3, -0.25) is 4.79 Å². The minimum atomic E-state index is -1.11. The Bertz CT molecular complexity index is 477. The summed E-state index contributed by atoms with van der Waals surface area (Å²) in [5, 5.41) is 11.4. The number of hydrogen-bond acceptors (Lipinski definition) is 5. The van der Waals surface area contributed by atoms with Gasteiger partial charge in [0.1, 0.15) is 5.75 Å². The Morgan fingerprint density at radius 1 is 1.42 bits per heavy atom. The van der Waals surface area contributed by atoms with Gasteiger partial charge in [0.2, 0.25) is 0 Å². The number of halogens is 1. The fraction of sp³-hybridized carbons (Fsp3) is 0.333. The highest BCUT2D eigenvalue weighted by Gasteiger charge is 2.22. The molecule has 1 aromatic rings. The second kappa shape index (κ2) is 7.10. The van der Waals surface area contributed by atoms with Crippen LogP contribution in [0.1, 0.15) is 10.4 Å². The number of aliphatic hydroxyl groups excluding tert-OH is 1. The molecule has 0 aliphatic heterocycles. The van der Waals surface area contributed by atoms with Crippen molar-refractivity contribution in [2.45, 2.75) is 6.04 Å². The number of hydrogen-bond donors (Lipinski definition) is 2. The highest BCUT2D eigenvalue weighted by Crippen LogP contribution is 2.22. The lowest BCUT2D eigenvalue weighted by Gasteiger charge is -2.15. The van der Waals surface area contributed by atoms with E-state index in [2.05, 4.69) is 26.0 Å². The van der Waals surface area contributed by atoms with Gasteiger partial charge in [0.15, 0.2) is 6.04 Å². The van der Waals surface area contributed by atoms with Crippen LogP contribution in [-0.2, 0) is 9.53 Å². The Morgan fingerprint density at radius 3 is 2.63 bits per heavy atom. The highest BCUT2D eigenvalue weighted by atomic mass is 79.9. The van der Waals surface area contributed by atoms with E-state index in [0.29, 0.717) is 10.2 Å². The summed E-state index contributed by atoms with van der Waals surface area (Å²) in [7, 11) is 2.61. The summed E-state index contributed by atoms with van der Waals surface area (Å²) in [4.78, 5) is 23.3. The van der Waals surface area contributed by atoms with Crippen LogP contribution in [0.2, 0.25) is 0 Å². The van der Waals surface area contributed by atoms with Gasteiger partial charge in [-0.25, -0.2) is 4.79 Å². The fourth-order valence-corrected chi connectivity index (χ4v) is 1.78. The Morgan fingerprint density at radius 2 is 2.11 bits per heavy atom. The molecule has 0 bridgehead atoms. The molecule has 6 nitrogen and oxygen atoms in total. The maximum atomic E-state index is 12.0. The maximum Gasteiger partial charge on any atom is 0.330 e. The number of nitrogens with one attached hydrogen (secondary N) is 1. The zero-order valence-corrected chi connectivity index (χ0v) is 12.1. The SMILES string of the molecule is COC(=O)[C@@H](CO)NC(=O)c1cc(Br)ccc1OC. The van der Waals surface area contributed by atoms with Crippen molar-refractivity contribution in [3.8, 4) is 5.75 Å². The number of aliphatic hydroxyl groups is 1. The van der Waals surface area contributed by atoms with Crippen molar-refractivity contribution >= 4 is 27.8 Å². The lowest BCUT2D eigenvalue weighted by Crippen LogP contribution is -2.44. The second-order valence-electron chi connectivity index (χ2n) is 3.58. The van der Waals surface area contributed by atoms with Gasteiger partial charge in [-0.15, -0.1) is 0 Å². The lowest BCUT2D eigenvalue weighted by atomic mass is 10.1. The molecule has 0 saturated heterocycles. The monoisotopic (exact) mass is 331 g/mol. The van der Waals surface area contributed by atoms with Crippen LogP contribution in [0, 0.1) is 0 Å². The van der Waals surface area contributed by atoms with Gasteiger partial charge in [0.05, 0.1) is 26.4 Å². The topological polar surface area (TPSA) is 84.9 Å². The number of amides is 1. The van der Waals surface area contributed by atoms with Crippen molar-refractivity contribution in [3.63, 3.8) is 0 Å². The number of carbonyl (C=O) groups is 2. The van der Waals surface area contributed by atoms with Crippen LogP contribution in [0.15, 0.2) is 22.7 Å². The molecule has 0 aliphatic carbocycles. The van der Waals surface area contributed by atoms with Gasteiger partial charge in [-0.1, -0.05) is 15.9 Å². The predicted octanol–water partition coefficient (Wildman–Crippen LogP) is 0.721. The predicted molar refractivity (Wildman–Crippen MR) is 71.1 cm³/mol. The molecule has 19 heavy (non-hydrogen) atoms. The number of esters is 1. The third kappa shape index (κ3) is 3.93. The molecular weight excluding hydrogens is 318 g/mol. The van der Waals surface area contributed by atoms with Crippen LogP contribution in [0.5, 0.6) is 5.75 Å². The van der Waals surface area contributed by atoms with Crippen LogP contribution in [0.4, 0.5) is 0 Å². The molecule has 1 aromatic carbocycles. The number of benzene rings is 1. The molecule has 7 heteroatoms. The van der Waals surface area contributed by atoms with Crippen molar-refractivity contribution in [3.05, 3.63) is 28.2 Å². The van der Waals surface area contributed by atoms with Gasteiger partial charge >= 0.3 is 5.97 Å². The Hall–Kier alpha value is -1.60. The molecule has 2 N–H and O–H groups in total. The van der Waals surface area contributed by atoms with Gasteiger partial charge in [0.25, 0.3) is 5.91 Å². The number of carbonyl (C=O) groups excluding carboxylic acids is 2. The van der Waals surface area contributed by atoms with Gasteiger partial charge in [-0.05, 0) is 18.2 Å². The minimum absolute atomic E-state index is 0.249. The van der Waals surface area contributed by atoms with Crippen LogP contribution in [0.3, 0.4) is 0 Å². The first-order valence-electron chi connectivity index (χ1n) is 5.36. The normalized spacial score (nSPS) is 11.6. The zero-order valence-electron chi connectivity index (χ0n) is 10.5. The second-order valence-corrected chi connectivity index (χ2v) is 4.49. The maximum absolute atomic E-state index is 12.0. The van der Waals surface area contributed by atoms with E-state index in [1.807, 2.05) is 0 Å². The van der Waals surface area contributed by atoms with Crippen LogP contribution < -0.4 is 10.1 Å². The quantitative estimate of drug-likeness (QED) is 0.776. The third-order valence-electron chi connectivity index (χ3n) is 2.38. The molecule has 104 valence electrons. The molecule has 0 fully saturated rings. The molecule has 0 aliphatic rings. The first-order chi connectivity index (χ1) is 9.03. The van der Waals surface area contributed by atoms with Crippen molar-refractivity contribution in [1.82, 2.24) is 5.32 Å². The summed E-state index contributed by atoms with van der Waals surface area (Å²) in [5.41, 5.74) is 0.249. The van der Waals surface area contributed by atoms with E-state index in [4.69, 9.17) is 9.84 Å². The summed E-state index contributed by atoms with van der Waals surface area (Å²) in [6.45, 7) is -0.547. The molecular formula is C12H14BrNO5. The molecule has 0 unspecified atom stereocenters. The summed E-state index contributed by atoms with van der Waals surface area (Å²) in [6, 6.07) is 3.78. The smallest absolute Gasteiger partial charge is 0.330 e. The summed E-state index contributed by atoms with van der Waals surface area (Å²) >= 11 is 3.24. The molecule has 0 heterocycles. The largest absolute Gasteiger partial charge is 0.496 e. The summed E-state index contributed by atoms with van der Waals surface area (Å²) in [5.74, 6) is -0.894. The zero-order chi connectivity index (χ0) is 14.4. The van der Waals surface area contributed by atoms with E-state index in [-0.39, 0.29) is 5.56 Å². The molecule has 1 atom stereocenters. The van der Waals surface area contributed by atoms with Crippen molar-refractivity contribution in [2.24, 2.45) is 0 Å². The van der Waals surface area contributed by atoms with Crippen LogP contribution >= 0.6 is 15.9 Å². The van der Waals surface area contributed by atoms with Gasteiger partial charge in [-0.2, -0.15) is 0 Å². The van der Waals surface area contributed by atoms with Crippen molar-refractivity contribution in [1.29, 1.82) is 0 Å². The fourth-order valence-electron chi connectivity index (χ4n) is 1.42. The van der Waals surface area contributed by atoms with Crippen molar-refractivity contribution in [2.75, 3.05) is 20.8 Å². The molecule has 1 amide bonds. The molecule has 0 spiro atoms. The van der Waals surface area contributed by atoms with E-state index in [1.165, 1.54) is 14.2 Å². The third-order valence-corrected chi connectivity index (χ3v) is 2.87. The van der Waals surface area contributed by atoms with E-state index >= 15 is 0 Å². The number of ether oxygens (including phenoxy) is 2. The standard InChI is InChI=1S/C12H14BrNO5/c1-18-10-4-3-7(13)5-8(10)11(16)14-9(6-15)12(17)19-2/h3-5,9,15H,6H2,1-2H3,(H,14,16)/t9-/m1/s1. The molecule has 1 rings (SSSR count). The number of rotatable bonds is 5. The van der Waals surface area contributed by atoms with E-state index in [1.54, 1.807) is 18.2 Å². The van der Waals surface area contributed by atoms with Crippen molar-refractivity contribution < 1.29 is 24.2 Å². The van der Waals surface area contributed by atoms with Crippen LogP contribution in [0.25, 0.3) is 0 Å². The summed E-state index contributed by atoms with van der Waals surface area (Å²) in [6.07, 6.45) is 0. The summed E-state index contributed by atoms with van der Waals surface area (Å²) < 4.78 is 10.2. The lowest BCUT2D eigenvalue weighted by molar-refractivity contribution is -0.143. The molecule has 0 radical (unpaired) electrons. The Balaban J connectivity index is 2.94. The first-order valence-corrected chi connectivity index (χ1v) is 6.15. The molecule has 0 aromatic heterocycles. The Labute approximate surface area is 118 Å². The van der Waals surface area contributed by atoms with E-state index < -0.39 is 24.5 Å². The Kier molecular flexibility index (Phi) is 5.78. The van der Waals surface area contributed by atoms with Gasteiger partial charge < -0.3 is 19.9 Å². The molecule has 0 saturated carbocycles. The highest BCUT2D eigenvalue weighted by molar-refractivity contribution is 9.10. The minimum Gasteiger partial charge on any atom is -0.496 e. The number of methoxy groups -OCH3 is 2. The van der Waals surface area contributed by atoms with Gasteiger partial charge in [0, 0.05) is 4.47 Å².